The summed E-state index contributed by atoms with van der Waals surface area (Å²) in [7, 11) is 0. The van der Waals surface area contributed by atoms with Gasteiger partial charge in [-0.25, -0.2) is 4.79 Å². The van der Waals surface area contributed by atoms with Gasteiger partial charge in [-0.2, -0.15) is 0 Å². The number of rotatable bonds is 5. The van der Waals surface area contributed by atoms with Crippen LogP contribution in [0.25, 0.3) is 6.08 Å². The first-order valence-corrected chi connectivity index (χ1v) is 17.3. The molecule has 0 aromatic heterocycles. The Morgan fingerprint density at radius 3 is 2.29 bits per heavy atom. The minimum absolute atomic E-state index is 0.0291. The van der Waals surface area contributed by atoms with Crippen LogP contribution in [0.15, 0.2) is 42.0 Å². The molecule has 4 fully saturated rings. The Balaban J connectivity index is 1.27. The molecule has 0 unspecified atom stereocenters. The van der Waals surface area contributed by atoms with Crippen LogP contribution in [0.1, 0.15) is 111 Å². The maximum Gasteiger partial charge on any atom is 0.330 e. The lowest BCUT2D eigenvalue weighted by molar-refractivity contribution is -0.219. The van der Waals surface area contributed by atoms with E-state index in [1.54, 1.807) is 30.3 Å². The van der Waals surface area contributed by atoms with E-state index in [1.165, 1.54) is 11.6 Å². The molecule has 0 spiro atoms. The molecule has 6 heteroatoms. The van der Waals surface area contributed by atoms with E-state index in [9.17, 15) is 24.9 Å². The fourth-order valence-corrected chi connectivity index (χ4v) is 11.7. The zero-order valence-corrected chi connectivity index (χ0v) is 28.2. The first kappa shape index (κ1) is 32.3. The summed E-state index contributed by atoms with van der Waals surface area (Å²) in [5.41, 5.74) is 1.11. The van der Waals surface area contributed by atoms with Gasteiger partial charge in [0.2, 0.25) is 0 Å². The van der Waals surface area contributed by atoms with Crippen LogP contribution < -0.4 is 0 Å². The molecule has 0 radical (unpaired) electrons. The highest BCUT2D eigenvalue weighted by Gasteiger charge is 2.69. The van der Waals surface area contributed by atoms with Gasteiger partial charge < -0.3 is 20.1 Å². The van der Waals surface area contributed by atoms with Crippen molar-refractivity contribution in [2.75, 3.05) is 6.61 Å². The van der Waals surface area contributed by atoms with Crippen molar-refractivity contribution in [2.24, 2.45) is 50.2 Å². The number of allylic oxidation sites excluding steroid dienone is 2. The average molecular weight is 619 g/mol. The standard InChI is InChI=1S/C39H54O6/c1-34(2)19-21-39(33(43)44)22-20-37(5)27(28(39)23-34)12-13-30-35(3)17-16-31(41)36(4,29(35)15-18-38(30,37)6)24-45-32(42)14-9-25-7-10-26(40)11-8-25/h7-12,14,28-31,40-41H,13,15-24H2,1-6H3,(H,43,44)/b14-9+/t28-,29+,30+,31-,35-,36+,37+,38+,39-/m0/s1. The van der Waals surface area contributed by atoms with Crippen LogP contribution in [-0.2, 0) is 14.3 Å². The van der Waals surface area contributed by atoms with E-state index in [1.807, 2.05) is 0 Å². The van der Waals surface area contributed by atoms with E-state index >= 15 is 0 Å². The number of esters is 1. The first-order chi connectivity index (χ1) is 21.0. The van der Waals surface area contributed by atoms with Crippen LogP contribution in [-0.4, -0.2) is 40.0 Å². The molecule has 6 rings (SSSR count). The number of aliphatic carboxylic acids is 1. The highest BCUT2D eigenvalue weighted by atomic mass is 16.5. The summed E-state index contributed by atoms with van der Waals surface area (Å²) in [5, 5.41) is 31.6. The molecule has 1 aromatic rings. The molecule has 4 saturated carbocycles. The predicted octanol–water partition coefficient (Wildman–Crippen LogP) is 8.18. The van der Waals surface area contributed by atoms with Crippen molar-refractivity contribution in [1.29, 1.82) is 0 Å². The van der Waals surface area contributed by atoms with E-state index in [2.05, 4.69) is 47.6 Å². The van der Waals surface area contributed by atoms with Crippen LogP contribution in [0, 0.1) is 50.2 Å². The van der Waals surface area contributed by atoms with Gasteiger partial charge in [-0.05, 0) is 127 Å². The number of carbonyl (C=O) groups is 2. The molecular weight excluding hydrogens is 564 g/mol. The number of carbonyl (C=O) groups excluding carboxylic acids is 1. The topological polar surface area (TPSA) is 104 Å². The quantitative estimate of drug-likeness (QED) is 0.175. The lowest BCUT2D eigenvalue weighted by Crippen LogP contribution is -2.66. The fourth-order valence-electron chi connectivity index (χ4n) is 11.7. The third kappa shape index (κ3) is 4.83. The lowest BCUT2D eigenvalue weighted by atomic mass is 9.33. The second kappa shape index (κ2) is 10.7. The molecule has 0 heterocycles. The van der Waals surface area contributed by atoms with Crippen LogP contribution >= 0.6 is 0 Å². The SMILES string of the molecule is CC1(C)CC[C@]2(C(=O)O)CC[C@]3(C)C(=CC[C@@H]4[C@@]5(C)CC[C@H](O)[C@](C)(COC(=O)/C=C/c6ccc(O)cc6)[C@@H]5CC[C@]43C)[C@@H]2C1. The molecule has 1 aromatic carbocycles. The molecule has 0 amide bonds. The molecule has 0 bridgehead atoms. The summed E-state index contributed by atoms with van der Waals surface area (Å²) in [5.74, 6) is -0.152. The minimum atomic E-state index is -0.640. The van der Waals surface area contributed by atoms with Gasteiger partial charge in [0.15, 0.2) is 0 Å². The van der Waals surface area contributed by atoms with Gasteiger partial charge in [0.1, 0.15) is 5.75 Å². The number of phenols is 1. The molecule has 5 aliphatic carbocycles. The summed E-state index contributed by atoms with van der Waals surface area (Å²) in [6.45, 7) is 14.3. The molecule has 0 aliphatic heterocycles. The number of benzene rings is 1. The highest BCUT2D eigenvalue weighted by molar-refractivity contribution is 5.87. The Kier molecular flexibility index (Phi) is 7.70. The van der Waals surface area contributed by atoms with Crippen molar-refractivity contribution in [2.45, 2.75) is 112 Å². The number of carboxylic acid groups (broad SMARTS) is 1. The largest absolute Gasteiger partial charge is 0.508 e. The van der Waals surface area contributed by atoms with Crippen LogP contribution in [0.2, 0.25) is 0 Å². The molecule has 0 saturated heterocycles. The number of ether oxygens (including phenoxy) is 1. The third-order valence-electron chi connectivity index (χ3n) is 14.7. The Bertz CT molecular complexity index is 1410. The summed E-state index contributed by atoms with van der Waals surface area (Å²) in [6, 6.07) is 6.64. The molecule has 3 N–H and O–H groups in total. The van der Waals surface area contributed by atoms with Gasteiger partial charge in [-0.15, -0.1) is 0 Å². The molecular formula is C39H54O6. The van der Waals surface area contributed by atoms with Crippen molar-refractivity contribution in [3.05, 3.63) is 47.6 Å². The maximum absolute atomic E-state index is 12.9. The van der Waals surface area contributed by atoms with Gasteiger partial charge in [0.05, 0.1) is 18.1 Å². The van der Waals surface area contributed by atoms with Gasteiger partial charge in [0, 0.05) is 11.5 Å². The Hall–Kier alpha value is -2.60. The van der Waals surface area contributed by atoms with E-state index in [0.29, 0.717) is 12.3 Å². The van der Waals surface area contributed by atoms with E-state index in [-0.39, 0.29) is 45.9 Å². The number of carboxylic acids is 1. The van der Waals surface area contributed by atoms with Gasteiger partial charge in [-0.3, -0.25) is 4.79 Å². The number of fused-ring (bicyclic) bond motifs is 7. The number of aromatic hydroxyl groups is 1. The van der Waals surface area contributed by atoms with Crippen molar-refractivity contribution in [3.63, 3.8) is 0 Å². The van der Waals surface area contributed by atoms with E-state index < -0.39 is 28.9 Å². The highest BCUT2D eigenvalue weighted by Crippen LogP contribution is 2.75. The summed E-state index contributed by atoms with van der Waals surface area (Å²) in [6.07, 6.45) is 14.0. The zero-order chi connectivity index (χ0) is 32.6. The van der Waals surface area contributed by atoms with Gasteiger partial charge in [0.25, 0.3) is 0 Å². The summed E-state index contributed by atoms with van der Waals surface area (Å²) in [4.78, 5) is 25.8. The lowest BCUT2D eigenvalue weighted by Gasteiger charge is -2.71. The van der Waals surface area contributed by atoms with Crippen LogP contribution in [0.5, 0.6) is 5.75 Å². The summed E-state index contributed by atoms with van der Waals surface area (Å²) < 4.78 is 5.87. The zero-order valence-electron chi connectivity index (χ0n) is 28.2. The number of hydrogen-bond acceptors (Lipinski definition) is 5. The predicted molar refractivity (Wildman–Crippen MR) is 175 cm³/mol. The molecule has 246 valence electrons. The van der Waals surface area contributed by atoms with Crippen molar-refractivity contribution in [1.82, 2.24) is 0 Å². The average Bonchev–Trinajstić information content (AvgIpc) is 2.98. The van der Waals surface area contributed by atoms with Crippen molar-refractivity contribution >= 4 is 18.0 Å². The number of aliphatic hydroxyl groups excluding tert-OH is 1. The number of hydrogen-bond donors (Lipinski definition) is 3. The second-order valence-electron chi connectivity index (χ2n) is 17.3. The van der Waals surface area contributed by atoms with Crippen molar-refractivity contribution < 1.29 is 29.6 Å². The van der Waals surface area contributed by atoms with E-state index in [4.69, 9.17) is 4.74 Å². The summed E-state index contributed by atoms with van der Waals surface area (Å²) >= 11 is 0. The first-order valence-electron chi connectivity index (χ1n) is 17.3. The van der Waals surface area contributed by atoms with Gasteiger partial charge in [-0.1, -0.05) is 65.3 Å². The van der Waals surface area contributed by atoms with Gasteiger partial charge >= 0.3 is 11.9 Å². The third-order valence-corrected chi connectivity index (χ3v) is 14.7. The molecule has 45 heavy (non-hydrogen) atoms. The molecule has 6 nitrogen and oxygen atoms in total. The Morgan fingerprint density at radius 2 is 1.60 bits per heavy atom. The Morgan fingerprint density at radius 1 is 0.911 bits per heavy atom. The van der Waals surface area contributed by atoms with Crippen molar-refractivity contribution in [3.8, 4) is 5.75 Å². The maximum atomic E-state index is 12.9. The monoisotopic (exact) mass is 618 g/mol. The number of phenolic OH excluding ortho intramolecular Hbond substituents is 1. The molecule has 5 aliphatic rings. The smallest absolute Gasteiger partial charge is 0.330 e. The fraction of sp³-hybridized carbons (Fsp3) is 0.692. The number of aliphatic hydroxyl groups is 1. The van der Waals surface area contributed by atoms with E-state index in [0.717, 1.165) is 63.4 Å². The molecule has 9 atom stereocenters. The van der Waals surface area contributed by atoms with Crippen LogP contribution in [0.4, 0.5) is 0 Å². The normalized spacial score (nSPS) is 43.7. The van der Waals surface area contributed by atoms with Crippen LogP contribution in [0.3, 0.4) is 0 Å². The Labute approximate surface area is 269 Å². The second-order valence-corrected chi connectivity index (χ2v) is 17.3. The minimum Gasteiger partial charge on any atom is -0.508 e.